The van der Waals surface area contributed by atoms with Crippen LogP contribution in [-0.2, 0) is 0 Å². The van der Waals surface area contributed by atoms with Gasteiger partial charge in [-0.3, -0.25) is 4.90 Å². The Morgan fingerprint density at radius 1 is 1.38 bits per heavy atom. The first-order valence-corrected chi connectivity index (χ1v) is 6.66. The molecule has 1 aliphatic heterocycles. The quantitative estimate of drug-likeness (QED) is 0.866. The van der Waals surface area contributed by atoms with Gasteiger partial charge in [-0.25, -0.2) is 8.78 Å². The molecule has 0 bridgehead atoms. The van der Waals surface area contributed by atoms with E-state index in [1.165, 1.54) is 7.11 Å². The average molecular weight is 323 g/mol. The maximum absolute atomic E-state index is 14.2. The zero-order chi connectivity index (χ0) is 14.6. The minimum absolute atomic E-state index is 0. The Morgan fingerprint density at radius 2 is 2.05 bits per heavy atom. The fourth-order valence-corrected chi connectivity index (χ4v) is 2.56. The van der Waals surface area contributed by atoms with Gasteiger partial charge in [-0.2, -0.15) is 0 Å². The van der Waals surface area contributed by atoms with Crippen molar-refractivity contribution in [1.29, 1.82) is 0 Å². The van der Waals surface area contributed by atoms with E-state index in [-0.39, 0.29) is 12.4 Å². The van der Waals surface area contributed by atoms with Crippen molar-refractivity contribution in [3.05, 3.63) is 29.8 Å². The van der Waals surface area contributed by atoms with E-state index in [1.54, 1.807) is 29.2 Å². The van der Waals surface area contributed by atoms with Gasteiger partial charge in [0.15, 0.2) is 0 Å². The Kier molecular flexibility index (Phi) is 6.80. The van der Waals surface area contributed by atoms with E-state index in [0.29, 0.717) is 37.5 Å². The molecule has 1 aliphatic rings. The highest BCUT2D eigenvalue weighted by Crippen LogP contribution is 2.37. The molecule has 1 atom stereocenters. The molecule has 21 heavy (non-hydrogen) atoms. The van der Waals surface area contributed by atoms with Crippen molar-refractivity contribution in [3.8, 4) is 5.75 Å². The summed E-state index contributed by atoms with van der Waals surface area (Å²) in [6.07, 6.45) is 0. The molecule has 1 fully saturated rings. The van der Waals surface area contributed by atoms with Gasteiger partial charge in [-0.1, -0.05) is 12.1 Å². The summed E-state index contributed by atoms with van der Waals surface area (Å²) in [5.41, 5.74) is 0.463. The number of ether oxygens (including phenoxy) is 1. The second kappa shape index (κ2) is 7.89. The van der Waals surface area contributed by atoms with Crippen LogP contribution in [-0.4, -0.2) is 55.8 Å². The summed E-state index contributed by atoms with van der Waals surface area (Å²) in [4.78, 5) is 1.71. The topological polar surface area (TPSA) is 44.7 Å². The Hall–Kier alpha value is -0.950. The molecule has 1 aromatic carbocycles. The first kappa shape index (κ1) is 18.1. The minimum Gasteiger partial charge on any atom is -0.497 e. The SMILES string of the molecule is COc1cccc([C@@H](N2CCNCC2)C(F)(F)CO)c1.Cl. The maximum Gasteiger partial charge on any atom is 0.289 e. The molecular formula is C14H21ClF2N2O2. The van der Waals surface area contributed by atoms with Gasteiger partial charge < -0.3 is 15.2 Å². The normalized spacial score (nSPS) is 17.9. The summed E-state index contributed by atoms with van der Waals surface area (Å²) in [5.74, 6) is -2.65. The van der Waals surface area contributed by atoms with Gasteiger partial charge in [-0.15, -0.1) is 12.4 Å². The first-order valence-electron chi connectivity index (χ1n) is 6.66. The smallest absolute Gasteiger partial charge is 0.289 e. The van der Waals surface area contributed by atoms with Crippen LogP contribution in [0.2, 0.25) is 0 Å². The number of alkyl halides is 2. The molecule has 1 saturated heterocycles. The lowest BCUT2D eigenvalue weighted by Crippen LogP contribution is -2.51. The number of rotatable bonds is 5. The minimum atomic E-state index is -3.19. The maximum atomic E-state index is 14.2. The summed E-state index contributed by atoms with van der Waals surface area (Å²) in [6, 6.07) is 5.53. The highest BCUT2D eigenvalue weighted by Gasteiger charge is 2.44. The first-order chi connectivity index (χ1) is 9.58. The molecule has 0 aliphatic carbocycles. The van der Waals surface area contributed by atoms with Crippen molar-refractivity contribution in [3.63, 3.8) is 0 Å². The monoisotopic (exact) mass is 322 g/mol. The third-order valence-electron chi connectivity index (χ3n) is 3.54. The van der Waals surface area contributed by atoms with Crippen LogP contribution in [0.1, 0.15) is 11.6 Å². The number of aliphatic hydroxyl groups is 1. The molecule has 2 N–H and O–H groups in total. The standard InChI is InChI=1S/C14H20F2N2O2.ClH/c1-20-12-4-2-3-11(9-12)13(14(15,16)10-19)18-7-5-17-6-8-18;/h2-4,9,13,17,19H,5-8,10H2,1H3;1H/t13-;/m1./s1. The van der Waals surface area contributed by atoms with Crippen molar-refractivity contribution < 1.29 is 18.6 Å². The van der Waals surface area contributed by atoms with Crippen LogP contribution < -0.4 is 10.1 Å². The zero-order valence-corrected chi connectivity index (χ0v) is 12.7. The van der Waals surface area contributed by atoms with E-state index < -0.39 is 18.6 Å². The number of hydrogen-bond acceptors (Lipinski definition) is 4. The third-order valence-corrected chi connectivity index (χ3v) is 3.54. The summed E-state index contributed by atoms with van der Waals surface area (Å²) in [5, 5.41) is 12.2. The van der Waals surface area contributed by atoms with E-state index in [9.17, 15) is 8.78 Å². The third kappa shape index (κ3) is 4.26. The molecule has 0 amide bonds. The lowest BCUT2D eigenvalue weighted by molar-refractivity contribution is -0.118. The highest BCUT2D eigenvalue weighted by molar-refractivity contribution is 5.85. The largest absolute Gasteiger partial charge is 0.497 e. The van der Waals surface area contributed by atoms with E-state index >= 15 is 0 Å². The van der Waals surface area contributed by atoms with Crippen molar-refractivity contribution in [2.24, 2.45) is 0 Å². The van der Waals surface area contributed by atoms with E-state index in [2.05, 4.69) is 5.32 Å². The van der Waals surface area contributed by atoms with Crippen LogP contribution >= 0.6 is 12.4 Å². The molecule has 0 saturated carbocycles. The van der Waals surface area contributed by atoms with Crippen molar-refractivity contribution in [2.45, 2.75) is 12.0 Å². The molecule has 0 spiro atoms. The number of nitrogens with one attached hydrogen (secondary N) is 1. The summed E-state index contributed by atoms with van der Waals surface area (Å²) in [6.45, 7) is 1.22. The number of piperazine rings is 1. The van der Waals surface area contributed by atoms with Crippen LogP contribution in [0.4, 0.5) is 8.78 Å². The van der Waals surface area contributed by atoms with Gasteiger partial charge in [0, 0.05) is 26.2 Å². The molecule has 7 heteroatoms. The second-order valence-corrected chi connectivity index (χ2v) is 4.88. The number of halogens is 3. The number of benzene rings is 1. The lowest BCUT2D eigenvalue weighted by Gasteiger charge is -2.38. The van der Waals surface area contributed by atoms with Gasteiger partial charge in [0.2, 0.25) is 0 Å². The Bertz CT molecular complexity index is 443. The molecule has 0 unspecified atom stereocenters. The van der Waals surface area contributed by atoms with Crippen LogP contribution in [0.3, 0.4) is 0 Å². The van der Waals surface area contributed by atoms with Crippen LogP contribution in [0.15, 0.2) is 24.3 Å². The van der Waals surface area contributed by atoms with Crippen molar-refractivity contribution in [1.82, 2.24) is 10.2 Å². The molecule has 0 radical (unpaired) electrons. The molecule has 4 nitrogen and oxygen atoms in total. The molecule has 1 heterocycles. The van der Waals surface area contributed by atoms with E-state index in [4.69, 9.17) is 9.84 Å². The van der Waals surface area contributed by atoms with Crippen molar-refractivity contribution >= 4 is 12.4 Å². The zero-order valence-electron chi connectivity index (χ0n) is 11.9. The molecule has 1 aromatic rings. The van der Waals surface area contributed by atoms with Gasteiger partial charge in [-0.05, 0) is 17.7 Å². The average Bonchev–Trinajstić information content (AvgIpc) is 2.48. The van der Waals surface area contributed by atoms with Crippen LogP contribution in [0.5, 0.6) is 5.75 Å². The Balaban J connectivity index is 0.00000220. The molecular weight excluding hydrogens is 302 g/mol. The predicted molar refractivity (Wildman–Crippen MR) is 79.5 cm³/mol. The summed E-state index contributed by atoms with van der Waals surface area (Å²) >= 11 is 0. The molecule has 0 aromatic heterocycles. The summed E-state index contributed by atoms with van der Waals surface area (Å²) in [7, 11) is 1.50. The second-order valence-electron chi connectivity index (χ2n) is 4.88. The van der Waals surface area contributed by atoms with Gasteiger partial charge in [0.1, 0.15) is 18.4 Å². The number of nitrogens with zero attached hydrogens (tertiary/aromatic N) is 1. The number of aliphatic hydroxyl groups excluding tert-OH is 1. The molecule has 2 rings (SSSR count). The van der Waals surface area contributed by atoms with Crippen LogP contribution in [0.25, 0.3) is 0 Å². The van der Waals surface area contributed by atoms with Crippen LogP contribution in [0, 0.1) is 0 Å². The fourth-order valence-electron chi connectivity index (χ4n) is 2.56. The lowest BCUT2D eigenvalue weighted by atomic mass is 9.98. The predicted octanol–water partition coefficient (Wildman–Crippen LogP) is 1.69. The van der Waals surface area contributed by atoms with Gasteiger partial charge in [0.05, 0.1) is 7.11 Å². The Labute approximate surface area is 129 Å². The van der Waals surface area contributed by atoms with Crippen molar-refractivity contribution in [2.75, 3.05) is 39.9 Å². The van der Waals surface area contributed by atoms with E-state index in [0.717, 1.165) is 0 Å². The fraction of sp³-hybridized carbons (Fsp3) is 0.571. The van der Waals surface area contributed by atoms with Gasteiger partial charge in [0.25, 0.3) is 5.92 Å². The Morgan fingerprint density at radius 3 is 2.62 bits per heavy atom. The highest BCUT2D eigenvalue weighted by atomic mass is 35.5. The number of hydrogen-bond donors (Lipinski definition) is 2. The van der Waals surface area contributed by atoms with E-state index in [1.807, 2.05) is 0 Å². The van der Waals surface area contributed by atoms with Gasteiger partial charge >= 0.3 is 0 Å². The summed E-state index contributed by atoms with van der Waals surface area (Å²) < 4.78 is 33.4. The number of methoxy groups -OCH3 is 1. The molecule has 120 valence electrons.